The van der Waals surface area contributed by atoms with Gasteiger partial charge in [-0.25, -0.2) is 4.98 Å². The van der Waals surface area contributed by atoms with Crippen LogP contribution < -0.4 is 21.5 Å². The van der Waals surface area contributed by atoms with Gasteiger partial charge in [0.1, 0.15) is 11.3 Å². The topological polar surface area (TPSA) is 132 Å². The second kappa shape index (κ2) is 15.2. The van der Waals surface area contributed by atoms with E-state index in [1.54, 1.807) is 7.11 Å². The number of benzene rings is 1. The van der Waals surface area contributed by atoms with Crippen molar-refractivity contribution in [2.45, 2.75) is 39.3 Å². The van der Waals surface area contributed by atoms with Gasteiger partial charge in [-0.3, -0.25) is 0 Å². The molecule has 0 aliphatic rings. The second-order valence-electron chi connectivity index (χ2n) is 8.45. The fraction of sp³-hybridized carbons (Fsp3) is 0.538. The number of nitrogens with two attached hydrogens (primary N) is 2. The number of rotatable bonds is 18. The molecule has 0 aliphatic heterocycles. The molecule has 10 heteroatoms. The highest BCUT2D eigenvalue weighted by atomic mass is 16.5. The first-order valence-corrected chi connectivity index (χ1v) is 12.6. The van der Waals surface area contributed by atoms with E-state index in [1.807, 2.05) is 18.3 Å². The number of hydrogen-bond acceptors (Lipinski definition) is 9. The van der Waals surface area contributed by atoms with Crippen LogP contribution in [0.3, 0.4) is 0 Å². The van der Waals surface area contributed by atoms with Crippen molar-refractivity contribution in [2.24, 2.45) is 5.73 Å². The Kier molecular flexibility index (Phi) is 11.7. The molecule has 1 aromatic carbocycles. The number of nitrogens with one attached hydrogen (secondary N) is 1. The van der Waals surface area contributed by atoms with E-state index in [1.165, 1.54) is 12.8 Å². The van der Waals surface area contributed by atoms with Crippen molar-refractivity contribution in [1.82, 2.24) is 14.5 Å². The van der Waals surface area contributed by atoms with Crippen LogP contribution in [0.5, 0.6) is 5.75 Å². The third kappa shape index (κ3) is 8.34. The van der Waals surface area contributed by atoms with E-state index in [-0.39, 0.29) is 5.95 Å². The summed E-state index contributed by atoms with van der Waals surface area (Å²) in [6.07, 6.45) is 5.42. The van der Waals surface area contributed by atoms with E-state index in [4.69, 9.17) is 30.4 Å². The molecular formula is C26H40N6O4. The molecule has 0 saturated heterocycles. The fourth-order valence-corrected chi connectivity index (χ4v) is 3.87. The Morgan fingerprint density at radius 3 is 2.50 bits per heavy atom. The van der Waals surface area contributed by atoms with Gasteiger partial charge in [-0.15, -0.1) is 0 Å². The molecular weight excluding hydrogens is 460 g/mol. The zero-order valence-corrected chi connectivity index (χ0v) is 21.5. The van der Waals surface area contributed by atoms with Crippen LogP contribution >= 0.6 is 0 Å². The van der Waals surface area contributed by atoms with Crippen molar-refractivity contribution >= 4 is 22.8 Å². The Balaban J connectivity index is 1.59. The Morgan fingerprint density at radius 1 is 0.972 bits per heavy atom. The quantitative estimate of drug-likeness (QED) is 0.225. The van der Waals surface area contributed by atoms with Crippen molar-refractivity contribution in [3.8, 4) is 5.75 Å². The van der Waals surface area contributed by atoms with Gasteiger partial charge in [0.25, 0.3) is 0 Å². The van der Waals surface area contributed by atoms with Crippen LogP contribution in [0.4, 0.5) is 11.8 Å². The maximum absolute atomic E-state index is 5.95. The van der Waals surface area contributed by atoms with Gasteiger partial charge in [0.05, 0.1) is 58.8 Å². The van der Waals surface area contributed by atoms with Crippen molar-refractivity contribution in [1.29, 1.82) is 0 Å². The molecule has 0 fully saturated rings. The molecule has 0 amide bonds. The number of unbranched alkanes of at least 4 members (excludes halogenated alkanes) is 2. The Labute approximate surface area is 213 Å². The summed E-state index contributed by atoms with van der Waals surface area (Å²) < 4.78 is 24.3. The number of methoxy groups -OCH3 is 1. The van der Waals surface area contributed by atoms with Crippen LogP contribution in [0.25, 0.3) is 11.0 Å². The van der Waals surface area contributed by atoms with Crippen LogP contribution in [0.15, 0.2) is 30.5 Å². The highest BCUT2D eigenvalue weighted by Gasteiger charge is 2.13. The summed E-state index contributed by atoms with van der Waals surface area (Å²) in [4.78, 5) is 8.88. The average Bonchev–Trinajstić information content (AvgIpc) is 3.28. The molecule has 198 valence electrons. The zero-order valence-electron chi connectivity index (χ0n) is 21.5. The molecule has 3 rings (SSSR count). The number of aromatic nitrogens is 3. The monoisotopic (exact) mass is 500 g/mol. The smallest absolute Gasteiger partial charge is 0.222 e. The minimum absolute atomic E-state index is 0.269. The second-order valence-corrected chi connectivity index (χ2v) is 8.45. The Hall–Kier alpha value is -2.92. The van der Waals surface area contributed by atoms with Gasteiger partial charge in [0.15, 0.2) is 5.82 Å². The standard InChI is InChI=1S/C26H40N6O4/c1-3-4-5-10-29-25-24-22(30-26(28)31-25)8-11-32(24)18-21-7-6-20(17-23(21)33-2)19-36-16-15-35-14-13-34-12-9-27/h6-8,11,17H,3-5,9-10,12-16,18-19,27H2,1-2H3,(H3,28,29,30,31). The fourth-order valence-electron chi connectivity index (χ4n) is 3.87. The minimum Gasteiger partial charge on any atom is -0.496 e. The highest BCUT2D eigenvalue weighted by molar-refractivity contribution is 5.87. The van der Waals surface area contributed by atoms with Crippen LogP contribution in [0, 0.1) is 0 Å². The number of fused-ring (bicyclic) bond motifs is 1. The van der Waals surface area contributed by atoms with E-state index in [2.05, 4.69) is 38.9 Å². The summed E-state index contributed by atoms with van der Waals surface area (Å²) in [5, 5.41) is 3.44. The lowest BCUT2D eigenvalue weighted by Gasteiger charge is -2.14. The summed E-state index contributed by atoms with van der Waals surface area (Å²) in [6, 6.07) is 8.11. The lowest BCUT2D eigenvalue weighted by molar-refractivity contribution is 0.0119. The predicted molar refractivity (Wildman–Crippen MR) is 142 cm³/mol. The summed E-state index contributed by atoms with van der Waals surface area (Å²) in [5.41, 5.74) is 15.2. The van der Waals surface area contributed by atoms with Gasteiger partial charge in [-0.1, -0.05) is 31.9 Å². The average molecular weight is 501 g/mol. The van der Waals surface area contributed by atoms with Crippen molar-refractivity contribution in [2.75, 3.05) is 64.3 Å². The van der Waals surface area contributed by atoms with Crippen molar-refractivity contribution in [3.05, 3.63) is 41.6 Å². The molecule has 5 N–H and O–H groups in total. The number of hydrogen-bond donors (Lipinski definition) is 3. The van der Waals surface area contributed by atoms with E-state index in [0.717, 1.165) is 46.7 Å². The lowest BCUT2D eigenvalue weighted by Crippen LogP contribution is -2.13. The van der Waals surface area contributed by atoms with Crippen molar-refractivity contribution in [3.63, 3.8) is 0 Å². The summed E-state index contributed by atoms with van der Waals surface area (Å²) in [6.45, 7) is 7.31. The van der Waals surface area contributed by atoms with E-state index < -0.39 is 0 Å². The molecule has 0 atom stereocenters. The molecule has 2 heterocycles. The summed E-state index contributed by atoms with van der Waals surface area (Å²) in [7, 11) is 1.68. The highest BCUT2D eigenvalue weighted by Crippen LogP contribution is 2.27. The zero-order chi connectivity index (χ0) is 25.6. The van der Waals surface area contributed by atoms with E-state index in [9.17, 15) is 0 Å². The first kappa shape index (κ1) is 27.7. The van der Waals surface area contributed by atoms with Gasteiger partial charge in [-0.05, 0) is 24.1 Å². The molecule has 0 spiro atoms. The lowest BCUT2D eigenvalue weighted by atomic mass is 10.1. The maximum Gasteiger partial charge on any atom is 0.222 e. The Morgan fingerprint density at radius 2 is 1.75 bits per heavy atom. The molecule has 36 heavy (non-hydrogen) atoms. The third-order valence-corrected chi connectivity index (χ3v) is 5.67. The number of nitrogen functional groups attached to an aromatic ring is 1. The molecule has 0 radical (unpaired) electrons. The predicted octanol–water partition coefficient (Wildman–Crippen LogP) is 3.18. The van der Waals surface area contributed by atoms with Gasteiger partial charge >= 0.3 is 0 Å². The number of ether oxygens (including phenoxy) is 4. The maximum atomic E-state index is 5.95. The van der Waals surface area contributed by atoms with E-state index >= 15 is 0 Å². The van der Waals surface area contributed by atoms with Crippen molar-refractivity contribution < 1.29 is 18.9 Å². The first-order chi connectivity index (χ1) is 17.7. The molecule has 3 aromatic rings. The normalized spacial score (nSPS) is 11.3. The summed E-state index contributed by atoms with van der Waals surface area (Å²) >= 11 is 0. The molecule has 0 unspecified atom stereocenters. The molecule has 0 aliphatic carbocycles. The molecule has 10 nitrogen and oxygen atoms in total. The van der Waals surface area contributed by atoms with Crippen LogP contribution in [0.2, 0.25) is 0 Å². The van der Waals surface area contributed by atoms with Gasteiger partial charge in [0, 0.05) is 24.8 Å². The van der Waals surface area contributed by atoms with Gasteiger partial charge in [0.2, 0.25) is 5.95 Å². The van der Waals surface area contributed by atoms with Crippen LogP contribution in [-0.2, 0) is 27.4 Å². The van der Waals surface area contributed by atoms with Gasteiger partial charge in [-0.2, -0.15) is 4.98 Å². The molecule has 0 bridgehead atoms. The molecule has 0 saturated carbocycles. The number of nitrogens with zero attached hydrogens (tertiary/aromatic N) is 3. The van der Waals surface area contributed by atoms with Crippen LogP contribution in [0.1, 0.15) is 37.3 Å². The SMILES string of the molecule is CCCCCNc1nc(N)nc2ccn(Cc3ccc(COCCOCCOCCN)cc3OC)c12. The Bertz CT molecular complexity index is 1060. The van der Waals surface area contributed by atoms with Crippen LogP contribution in [-0.4, -0.2) is 67.8 Å². The van der Waals surface area contributed by atoms with E-state index in [0.29, 0.717) is 52.7 Å². The number of anilines is 2. The first-order valence-electron chi connectivity index (χ1n) is 12.6. The largest absolute Gasteiger partial charge is 0.496 e. The molecule has 2 aromatic heterocycles. The third-order valence-electron chi connectivity index (χ3n) is 5.67. The van der Waals surface area contributed by atoms with Gasteiger partial charge < -0.3 is 40.3 Å². The summed E-state index contributed by atoms with van der Waals surface area (Å²) in [5.74, 6) is 1.83. The minimum atomic E-state index is 0.269.